The molecule has 0 saturated heterocycles. The molecule has 3 aromatic rings. The van der Waals surface area contributed by atoms with Gasteiger partial charge in [-0.15, -0.1) is 0 Å². The average Bonchev–Trinajstić information content (AvgIpc) is 3.04. The summed E-state index contributed by atoms with van der Waals surface area (Å²) in [4.78, 5) is 16.4. The molecule has 2 aromatic carbocycles. The van der Waals surface area contributed by atoms with Crippen LogP contribution in [0, 0.1) is 5.82 Å². The van der Waals surface area contributed by atoms with Crippen LogP contribution in [0.3, 0.4) is 0 Å². The summed E-state index contributed by atoms with van der Waals surface area (Å²) in [6.45, 7) is 0. The largest absolute Gasteiger partial charge is 0.494 e. The summed E-state index contributed by atoms with van der Waals surface area (Å²) < 4.78 is 22.7. The molecule has 1 amide bonds. The third kappa shape index (κ3) is 3.35. The predicted octanol–water partition coefficient (Wildman–Crippen LogP) is 3.61. The van der Waals surface area contributed by atoms with E-state index < -0.39 is 11.7 Å². The molecule has 0 atom stereocenters. The number of ether oxygens (including phenoxy) is 1. The van der Waals surface area contributed by atoms with Crippen molar-refractivity contribution in [3.8, 4) is 17.1 Å². The monoisotopic (exact) mass is 329 g/mol. The van der Waals surface area contributed by atoms with Crippen molar-refractivity contribution >= 4 is 22.6 Å². The molecule has 0 aliphatic heterocycles. The van der Waals surface area contributed by atoms with E-state index in [0.29, 0.717) is 11.0 Å². The van der Waals surface area contributed by atoms with Crippen LogP contribution in [0.5, 0.6) is 5.75 Å². The summed E-state index contributed by atoms with van der Waals surface area (Å²) >= 11 is 1.07. The molecule has 0 saturated carbocycles. The number of carbonyl (C=O) groups excluding carboxylic acids is 1. The second kappa shape index (κ2) is 6.53. The quantitative estimate of drug-likeness (QED) is 0.794. The van der Waals surface area contributed by atoms with E-state index in [1.165, 1.54) is 19.2 Å². The van der Waals surface area contributed by atoms with Crippen molar-refractivity contribution in [1.29, 1.82) is 0 Å². The number of aromatic nitrogens is 2. The lowest BCUT2D eigenvalue weighted by atomic mass is 10.2. The minimum atomic E-state index is -0.595. The van der Waals surface area contributed by atoms with Gasteiger partial charge in [-0.1, -0.05) is 30.3 Å². The Balaban J connectivity index is 1.76. The Hall–Kier alpha value is -2.80. The number of methoxy groups -OCH3 is 1. The van der Waals surface area contributed by atoms with Crippen molar-refractivity contribution < 1.29 is 13.9 Å². The highest BCUT2D eigenvalue weighted by atomic mass is 32.1. The van der Waals surface area contributed by atoms with Gasteiger partial charge in [0.1, 0.15) is 0 Å². The van der Waals surface area contributed by atoms with Gasteiger partial charge in [0.2, 0.25) is 5.13 Å². The summed E-state index contributed by atoms with van der Waals surface area (Å²) in [5, 5.41) is 2.96. The van der Waals surface area contributed by atoms with Crippen LogP contribution in [0.1, 0.15) is 10.4 Å². The lowest BCUT2D eigenvalue weighted by Crippen LogP contribution is -2.12. The molecule has 0 spiro atoms. The van der Waals surface area contributed by atoms with Gasteiger partial charge in [-0.05, 0) is 18.2 Å². The number of nitrogens with zero attached hydrogens (tertiary/aromatic N) is 2. The molecule has 1 heterocycles. The molecule has 0 radical (unpaired) electrons. The van der Waals surface area contributed by atoms with Crippen LogP contribution < -0.4 is 10.1 Å². The molecule has 1 aromatic heterocycles. The Kier molecular flexibility index (Phi) is 4.29. The van der Waals surface area contributed by atoms with Crippen molar-refractivity contribution in [2.75, 3.05) is 12.4 Å². The van der Waals surface area contributed by atoms with Gasteiger partial charge in [-0.2, -0.15) is 9.36 Å². The maximum absolute atomic E-state index is 13.6. The first-order valence-electron chi connectivity index (χ1n) is 6.71. The molecular formula is C16H12FN3O2S. The summed E-state index contributed by atoms with van der Waals surface area (Å²) in [6, 6.07) is 13.4. The van der Waals surface area contributed by atoms with E-state index >= 15 is 0 Å². The highest BCUT2D eigenvalue weighted by Gasteiger charge is 2.13. The van der Waals surface area contributed by atoms with E-state index in [2.05, 4.69) is 14.7 Å². The van der Waals surface area contributed by atoms with E-state index in [1.807, 2.05) is 30.3 Å². The third-order valence-corrected chi connectivity index (χ3v) is 3.72. The Morgan fingerprint density at radius 2 is 2.00 bits per heavy atom. The number of benzene rings is 2. The molecule has 0 fully saturated rings. The number of hydrogen-bond donors (Lipinski definition) is 1. The van der Waals surface area contributed by atoms with Gasteiger partial charge < -0.3 is 4.74 Å². The first kappa shape index (κ1) is 15.1. The average molecular weight is 329 g/mol. The van der Waals surface area contributed by atoms with Crippen LogP contribution in [0.2, 0.25) is 0 Å². The summed E-state index contributed by atoms with van der Waals surface area (Å²) in [5.41, 5.74) is 1.04. The smallest absolute Gasteiger partial charge is 0.257 e. The number of amides is 1. The van der Waals surface area contributed by atoms with Crippen LogP contribution in [0.4, 0.5) is 9.52 Å². The van der Waals surface area contributed by atoms with Crippen LogP contribution in [0.15, 0.2) is 48.5 Å². The van der Waals surface area contributed by atoms with Gasteiger partial charge in [0.15, 0.2) is 17.4 Å². The molecule has 0 bridgehead atoms. The second-order valence-electron chi connectivity index (χ2n) is 4.59. The van der Waals surface area contributed by atoms with Gasteiger partial charge in [0.05, 0.1) is 7.11 Å². The zero-order valence-electron chi connectivity index (χ0n) is 12.1. The maximum Gasteiger partial charge on any atom is 0.257 e. The molecule has 7 heteroatoms. The van der Waals surface area contributed by atoms with Crippen molar-refractivity contribution in [2.24, 2.45) is 0 Å². The number of rotatable bonds is 4. The van der Waals surface area contributed by atoms with E-state index in [1.54, 1.807) is 0 Å². The molecule has 5 nitrogen and oxygen atoms in total. The van der Waals surface area contributed by atoms with Gasteiger partial charge in [-0.3, -0.25) is 10.1 Å². The Bertz CT molecular complexity index is 836. The standard InChI is InChI=1S/C16H12FN3O2S/c1-22-13-8-7-11(9-12(13)17)15(21)19-16-18-14(20-23-16)10-5-3-2-4-6-10/h2-9H,1H3,(H,18,19,20,21). The van der Waals surface area contributed by atoms with Gasteiger partial charge in [0, 0.05) is 22.7 Å². The lowest BCUT2D eigenvalue weighted by molar-refractivity contribution is 0.102. The molecule has 0 aliphatic rings. The number of halogens is 1. The summed E-state index contributed by atoms with van der Waals surface area (Å²) in [6.07, 6.45) is 0. The number of anilines is 1. The normalized spacial score (nSPS) is 10.3. The van der Waals surface area contributed by atoms with Crippen LogP contribution in [-0.4, -0.2) is 22.4 Å². The van der Waals surface area contributed by atoms with E-state index in [0.717, 1.165) is 23.2 Å². The van der Waals surface area contributed by atoms with Crippen molar-refractivity contribution in [3.63, 3.8) is 0 Å². The minimum absolute atomic E-state index is 0.0869. The summed E-state index contributed by atoms with van der Waals surface area (Å²) in [5.74, 6) is -0.430. The molecule has 3 rings (SSSR count). The van der Waals surface area contributed by atoms with Crippen LogP contribution in [-0.2, 0) is 0 Å². The fraction of sp³-hybridized carbons (Fsp3) is 0.0625. The Morgan fingerprint density at radius 3 is 2.70 bits per heavy atom. The lowest BCUT2D eigenvalue weighted by Gasteiger charge is -2.04. The Labute approximate surface area is 135 Å². The van der Waals surface area contributed by atoms with E-state index in [9.17, 15) is 9.18 Å². The van der Waals surface area contributed by atoms with E-state index in [-0.39, 0.29) is 11.3 Å². The van der Waals surface area contributed by atoms with Gasteiger partial charge in [-0.25, -0.2) is 4.39 Å². The van der Waals surface area contributed by atoms with Crippen molar-refractivity contribution in [2.45, 2.75) is 0 Å². The number of hydrogen-bond acceptors (Lipinski definition) is 5. The van der Waals surface area contributed by atoms with Crippen molar-refractivity contribution in [1.82, 2.24) is 9.36 Å². The topological polar surface area (TPSA) is 64.1 Å². The molecular weight excluding hydrogens is 317 g/mol. The highest BCUT2D eigenvalue weighted by molar-refractivity contribution is 7.10. The Morgan fingerprint density at radius 1 is 1.22 bits per heavy atom. The first-order valence-corrected chi connectivity index (χ1v) is 7.49. The molecule has 1 N–H and O–H groups in total. The zero-order valence-corrected chi connectivity index (χ0v) is 12.9. The zero-order chi connectivity index (χ0) is 16.2. The van der Waals surface area contributed by atoms with E-state index in [4.69, 9.17) is 4.74 Å². The molecule has 0 unspecified atom stereocenters. The highest BCUT2D eigenvalue weighted by Crippen LogP contribution is 2.22. The third-order valence-electron chi connectivity index (χ3n) is 3.09. The van der Waals surface area contributed by atoms with Gasteiger partial charge >= 0.3 is 0 Å². The SMILES string of the molecule is COc1ccc(C(=O)Nc2nc(-c3ccccc3)ns2)cc1F. The second-order valence-corrected chi connectivity index (χ2v) is 5.34. The maximum atomic E-state index is 13.6. The number of carbonyl (C=O) groups is 1. The predicted molar refractivity (Wildman–Crippen MR) is 86.3 cm³/mol. The summed E-state index contributed by atoms with van der Waals surface area (Å²) in [7, 11) is 1.37. The minimum Gasteiger partial charge on any atom is -0.494 e. The van der Waals surface area contributed by atoms with Gasteiger partial charge in [0.25, 0.3) is 5.91 Å². The molecule has 23 heavy (non-hydrogen) atoms. The first-order chi connectivity index (χ1) is 11.2. The molecule has 0 aliphatic carbocycles. The van der Waals surface area contributed by atoms with Crippen LogP contribution >= 0.6 is 11.5 Å². The fourth-order valence-corrected chi connectivity index (χ4v) is 2.54. The van der Waals surface area contributed by atoms with Crippen molar-refractivity contribution in [3.05, 3.63) is 59.9 Å². The van der Waals surface area contributed by atoms with Crippen LogP contribution in [0.25, 0.3) is 11.4 Å². The fourth-order valence-electron chi connectivity index (χ4n) is 1.96. The number of nitrogens with one attached hydrogen (secondary N) is 1. The molecule has 116 valence electrons.